The first-order valence-electron chi connectivity index (χ1n) is 7.82. The van der Waals surface area contributed by atoms with E-state index in [1.165, 1.54) is 25.7 Å². The van der Waals surface area contributed by atoms with Crippen molar-refractivity contribution in [2.75, 3.05) is 0 Å². The van der Waals surface area contributed by atoms with Crippen molar-refractivity contribution in [2.45, 2.75) is 51.0 Å². The normalized spacial score (nSPS) is 55.9. The van der Waals surface area contributed by atoms with Crippen molar-refractivity contribution in [1.29, 1.82) is 0 Å². The molecule has 2 bridgehead atoms. The van der Waals surface area contributed by atoms with Crippen LogP contribution in [0.2, 0.25) is 0 Å². The van der Waals surface area contributed by atoms with Crippen LogP contribution in [0.25, 0.3) is 0 Å². The molecule has 0 aromatic carbocycles. The summed E-state index contributed by atoms with van der Waals surface area (Å²) in [5.41, 5.74) is 0.667. The summed E-state index contributed by atoms with van der Waals surface area (Å²) in [6.45, 7) is 5.68. The first kappa shape index (κ1) is 10.9. The summed E-state index contributed by atoms with van der Waals surface area (Å²) in [7, 11) is 0. The maximum absolute atomic E-state index is 12.4. The molecule has 3 aliphatic carbocycles. The summed E-state index contributed by atoms with van der Waals surface area (Å²) in [6.07, 6.45) is 6.07. The van der Waals surface area contributed by atoms with Crippen molar-refractivity contribution in [3.8, 4) is 0 Å². The number of carbonyl (C=O) groups excluding carboxylic acids is 1. The lowest BCUT2D eigenvalue weighted by Gasteiger charge is -2.39. The Labute approximate surface area is 114 Å². The lowest BCUT2D eigenvalue weighted by Crippen LogP contribution is -2.48. The molecule has 0 radical (unpaired) electrons. The molecule has 0 aromatic heterocycles. The predicted molar refractivity (Wildman–Crippen MR) is 70.0 cm³/mol. The van der Waals surface area contributed by atoms with Gasteiger partial charge in [-0.2, -0.15) is 0 Å². The molecule has 8 atom stereocenters. The topological polar surface area (TPSA) is 32.8 Å². The van der Waals surface area contributed by atoms with E-state index < -0.39 is 0 Å². The third-order valence-electron chi connectivity index (χ3n) is 6.67. The van der Waals surface area contributed by atoms with Gasteiger partial charge in [0.2, 0.25) is 0 Å². The van der Waals surface area contributed by atoms with Crippen LogP contribution in [0.4, 0.5) is 0 Å². The minimum Gasteiger partial charge on any atom is -0.347 e. The van der Waals surface area contributed by atoms with Crippen LogP contribution in [0.3, 0.4) is 0 Å². The molecule has 3 heteroatoms. The van der Waals surface area contributed by atoms with Gasteiger partial charge < -0.3 is 9.64 Å². The molecule has 0 N–H and O–H groups in total. The fourth-order valence-electron chi connectivity index (χ4n) is 6.21. The van der Waals surface area contributed by atoms with E-state index in [2.05, 4.69) is 11.5 Å². The Balaban J connectivity index is 1.53. The summed E-state index contributed by atoms with van der Waals surface area (Å²) in [5, 5.41) is 0. The van der Waals surface area contributed by atoms with Gasteiger partial charge in [-0.05, 0) is 49.9 Å². The molecular weight excluding hydrogens is 238 g/mol. The number of epoxide rings is 1. The second kappa shape index (κ2) is 3.25. The Morgan fingerprint density at radius 3 is 2.68 bits per heavy atom. The molecule has 2 saturated heterocycles. The van der Waals surface area contributed by atoms with Crippen molar-refractivity contribution in [3.63, 3.8) is 0 Å². The van der Waals surface area contributed by atoms with Crippen molar-refractivity contribution >= 4 is 5.91 Å². The summed E-state index contributed by atoms with van der Waals surface area (Å²) in [6, 6.07) is 0.484. The highest BCUT2D eigenvalue weighted by Gasteiger charge is 2.73. The third kappa shape index (κ3) is 1.13. The maximum atomic E-state index is 12.4. The van der Waals surface area contributed by atoms with E-state index >= 15 is 0 Å². The van der Waals surface area contributed by atoms with Crippen molar-refractivity contribution in [2.24, 2.45) is 29.6 Å². The van der Waals surface area contributed by atoms with E-state index in [1.807, 2.05) is 6.92 Å². The molecular formula is C16H21NO2. The van der Waals surface area contributed by atoms with Gasteiger partial charge in [-0.1, -0.05) is 13.0 Å². The second-order valence-electron chi connectivity index (χ2n) is 7.37. The van der Waals surface area contributed by atoms with E-state index in [-0.39, 0.29) is 12.1 Å². The van der Waals surface area contributed by atoms with Crippen LogP contribution < -0.4 is 0 Å². The Morgan fingerprint density at radius 1 is 1.21 bits per heavy atom. The van der Waals surface area contributed by atoms with Gasteiger partial charge in [-0.3, -0.25) is 4.79 Å². The number of rotatable bonds is 1. The first-order chi connectivity index (χ1) is 9.18. The van der Waals surface area contributed by atoms with Crippen molar-refractivity contribution in [3.05, 3.63) is 12.2 Å². The van der Waals surface area contributed by atoms with Gasteiger partial charge in [-0.25, -0.2) is 0 Å². The van der Waals surface area contributed by atoms with Crippen molar-refractivity contribution in [1.82, 2.24) is 4.90 Å². The van der Waals surface area contributed by atoms with Crippen LogP contribution in [-0.4, -0.2) is 29.2 Å². The summed E-state index contributed by atoms with van der Waals surface area (Å²) in [5.74, 6) is 4.27. The van der Waals surface area contributed by atoms with Crippen LogP contribution in [0.1, 0.15) is 32.6 Å². The zero-order chi connectivity index (χ0) is 12.9. The highest BCUT2D eigenvalue weighted by molar-refractivity contribution is 5.93. The van der Waals surface area contributed by atoms with Gasteiger partial charge in [0.15, 0.2) is 6.23 Å². The van der Waals surface area contributed by atoms with Crippen molar-refractivity contribution < 1.29 is 9.53 Å². The number of fused-ring (bicyclic) bond motifs is 10. The van der Waals surface area contributed by atoms with Gasteiger partial charge >= 0.3 is 0 Å². The zero-order valence-corrected chi connectivity index (χ0v) is 11.4. The van der Waals surface area contributed by atoms with E-state index in [0.717, 1.165) is 23.7 Å². The van der Waals surface area contributed by atoms with E-state index in [9.17, 15) is 4.79 Å². The van der Waals surface area contributed by atoms with E-state index in [0.29, 0.717) is 23.6 Å². The molecule has 19 heavy (non-hydrogen) atoms. The number of hydrogen-bond acceptors (Lipinski definition) is 2. The van der Waals surface area contributed by atoms with Gasteiger partial charge in [0, 0.05) is 17.5 Å². The lowest BCUT2D eigenvalue weighted by atomic mass is 9.73. The standard InChI is InChI=1S/C16H21NO2/c1-7(2)15(18)17-13-11-6-10(8-4-3-5-9(8)11)12(13)14-16(17)19-14/h8-14,16H,1,3-6H2,2H3. The van der Waals surface area contributed by atoms with Crippen LogP contribution in [0.15, 0.2) is 12.2 Å². The number of ether oxygens (including phenoxy) is 1. The number of likely N-dealkylation sites (tertiary alicyclic amines) is 1. The Morgan fingerprint density at radius 2 is 1.95 bits per heavy atom. The summed E-state index contributed by atoms with van der Waals surface area (Å²) < 4.78 is 5.82. The molecule has 0 spiro atoms. The molecule has 5 fully saturated rings. The SMILES string of the molecule is C=C(C)C(=O)N1C2OC2C2C3CC(C4CCCC43)C21. The molecule has 0 aromatic rings. The number of carbonyl (C=O) groups is 1. The average Bonchev–Trinajstić information content (AvgIpc) is 2.79. The molecule has 1 amide bonds. The quantitative estimate of drug-likeness (QED) is 0.534. The highest BCUT2D eigenvalue weighted by atomic mass is 16.6. The maximum Gasteiger partial charge on any atom is 0.251 e. The summed E-state index contributed by atoms with van der Waals surface area (Å²) in [4.78, 5) is 14.5. The Kier molecular flexibility index (Phi) is 1.86. The second-order valence-corrected chi connectivity index (χ2v) is 7.37. The first-order valence-corrected chi connectivity index (χ1v) is 7.82. The molecule has 102 valence electrons. The van der Waals surface area contributed by atoms with Crippen LogP contribution in [0, 0.1) is 29.6 Å². The number of nitrogens with zero attached hydrogens (tertiary/aromatic N) is 1. The fourth-order valence-corrected chi connectivity index (χ4v) is 6.21. The van der Waals surface area contributed by atoms with Gasteiger partial charge in [0.25, 0.3) is 5.91 Å². The number of amides is 1. The molecule has 3 saturated carbocycles. The minimum atomic E-state index is 0.100. The van der Waals surface area contributed by atoms with Crippen LogP contribution >= 0.6 is 0 Å². The lowest BCUT2D eigenvalue weighted by molar-refractivity contribution is -0.134. The van der Waals surface area contributed by atoms with Gasteiger partial charge in [0.1, 0.15) is 6.10 Å². The van der Waals surface area contributed by atoms with Crippen LogP contribution in [-0.2, 0) is 9.53 Å². The van der Waals surface area contributed by atoms with Crippen LogP contribution in [0.5, 0.6) is 0 Å². The third-order valence-corrected chi connectivity index (χ3v) is 6.67. The van der Waals surface area contributed by atoms with Gasteiger partial charge in [-0.15, -0.1) is 0 Å². The Hall–Kier alpha value is -0.830. The average molecular weight is 259 g/mol. The molecule has 5 aliphatic rings. The molecule has 2 heterocycles. The largest absolute Gasteiger partial charge is 0.347 e. The highest BCUT2D eigenvalue weighted by Crippen LogP contribution is 2.68. The Bertz CT molecular complexity index is 487. The monoisotopic (exact) mass is 259 g/mol. The molecule has 2 aliphatic heterocycles. The zero-order valence-electron chi connectivity index (χ0n) is 11.4. The predicted octanol–water partition coefficient (Wildman–Crippen LogP) is 2.18. The van der Waals surface area contributed by atoms with Gasteiger partial charge in [0.05, 0.1) is 0 Å². The molecule has 8 unspecified atom stereocenters. The van der Waals surface area contributed by atoms with E-state index in [1.54, 1.807) is 0 Å². The summed E-state index contributed by atoms with van der Waals surface area (Å²) >= 11 is 0. The molecule has 5 rings (SSSR count). The fraction of sp³-hybridized carbons (Fsp3) is 0.812. The molecule has 3 nitrogen and oxygen atoms in total. The minimum absolute atomic E-state index is 0.100. The number of hydrogen-bond donors (Lipinski definition) is 0. The van der Waals surface area contributed by atoms with E-state index in [4.69, 9.17) is 4.74 Å². The smallest absolute Gasteiger partial charge is 0.251 e.